The topological polar surface area (TPSA) is 21.7 Å². The Morgan fingerprint density at radius 2 is 0.762 bits per heavy atom. The van der Waals surface area contributed by atoms with Gasteiger partial charge < -0.3 is 9.47 Å². The van der Waals surface area contributed by atoms with Crippen molar-refractivity contribution < 1.29 is 9.47 Å². The third kappa shape index (κ3) is 13.4. The molecule has 0 spiro atoms. The van der Waals surface area contributed by atoms with Crippen LogP contribution in [0, 0.1) is 0 Å². The lowest BCUT2D eigenvalue weighted by Crippen LogP contribution is -2.48. The number of hydrogen-bond acceptors (Lipinski definition) is 3. The molecule has 4 aromatic carbocycles. The van der Waals surface area contributed by atoms with E-state index >= 15 is 0 Å². The highest BCUT2D eigenvalue weighted by Gasteiger charge is 2.41. The van der Waals surface area contributed by atoms with E-state index in [0.29, 0.717) is 6.04 Å². The summed E-state index contributed by atoms with van der Waals surface area (Å²) in [7, 11) is -1.59. The van der Waals surface area contributed by atoms with Crippen molar-refractivity contribution in [2.45, 2.75) is 193 Å². The molecule has 0 N–H and O–H groups in total. The van der Waals surface area contributed by atoms with Crippen molar-refractivity contribution in [1.82, 2.24) is 4.44 Å². The molecule has 2 unspecified atom stereocenters. The minimum Gasteiger partial charge on any atom is -0.496 e. The lowest BCUT2D eigenvalue weighted by molar-refractivity contribution is 0.355. The Bertz CT molecular complexity index is 1690. The van der Waals surface area contributed by atoms with Gasteiger partial charge in [0.15, 0.2) is 0 Å². The maximum absolute atomic E-state index is 6.37. The molecule has 0 radical (unpaired) electrons. The fourth-order valence-corrected chi connectivity index (χ4v) is 28.4. The number of methoxy groups -OCH3 is 2. The van der Waals surface area contributed by atoms with E-state index in [1.807, 2.05) is 14.2 Å². The van der Waals surface area contributed by atoms with Gasteiger partial charge in [0, 0.05) is 32.8 Å². The Kier molecular flexibility index (Phi) is 22.5. The number of para-hydroxylation sites is 2. The van der Waals surface area contributed by atoms with E-state index in [-0.39, 0.29) is 0 Å². The SMILES string of the molecule is CCCC[Si](CCCC)(CCCC)c1ccc(P(c2ccccc2OC)N(C2CCCCC2)P(c2ccc([Si](CCCC)(CCCC)CCCC)cc2)c2ccccc2OC)cc1. The van der Waals surface area contributed by atoms with Crippen LogP contribution in [0.15, 0.2) is 97.1 Å². The smallest absolute Gasteiger partial charge is 0.128 e. The normalized spacial score (nSPS) is 14.8. The minimum atomic E-state index is -1.68. The van der Waals surface area contributed by atoms with Crippen molar-refractivity contribution in [3.05, 3.63) is 97.1 Å². The van der Waals surface area contributed by atoms with Crippen LogP contribution in [0.3, 0.4) is 0 Å². The molecule has 1 aliphatic carbocycles. The Morgan fingerprint density at radius 1 is 0.444 bits per heavy atom. The molecule has 1 saturated carbocycles. The van der Waals surface area contributed by atoms with Crippen LogP contribution >= 0.6 is 16.1 Å². The zero-order valence-corrected chi connectivity index (χ0v) is 45.0. The molecule has 7 heteroatoms. The van der Waals surface area contributed by atoms with Crippen molar-refractivity contribution in [3.63, 3.8) is 0 Å². The van der Waals surface area contributed by atoms with E-state index in [1.165, 1.54) is 167 Å². The van der Waals surface area contributed by atoms with Gasteiger partial charge in [-0.1, -0.05) is 257 Å². The molecule has 1 aliphatic rings. The first kappa shape index (κ1) is 51.7. The molecule has 4 aromatic rings. The third-order valence-electron chi connectivity index (χ3n) is 14.4. The van der Waals surface area contributed by atoms with Gasteiger partial charge in [-0.25, -0.2) is 4.44 Å². The summed E-state index contributed by atoms with van der Waals surface area (Å²) < 4.78 is 15.8. The first-order chi connectivity index (χ1) is 30.9. The maximum atomic E-state index is 6.37. The second-order valence-corrected chi connectivity index (χ2v) is 32.6. The van der Waals surface area contributed by atoms with Gasteiger partial charge in [-0.2, -0.15) is 0 Å². The molecule has 0 bridgehead atoms. The van der Waals surface area contributed by atoms with Gasteiger partial charge in [0.1, 0.15) is 11.5 Å². The first-order valence-electron chi connectivity index (χ1n) is 25.8. The molecule has 63 heavy (non-hydrogen) atoms. The van der Waals surface area contributed by atoms with E-state index in [2.05, 4.69) is 143 Å². The van der Waals surface area contributed by atoms with E-state index < -0.39 is 32.3 Å². The zero-order chi connectivity index (χ0) is 44.9. The Morgan fingerprint density at radius 3 is 1.06 bits per heavy atom. The lowest BCUT2D eigenvalue weighted by atomic mass is 9.96. The summed E-state index contributed by atoms with van der Waals surface area (Å²) in [6.45, 7) is 14.3. The first-order valence-corrected chi connectivity index (χ1v) is 33.6. The van der Waals surface area contributed by atoms with E-state index in [9.17, 15) is 0 Å². The van der Waals surface area contributed by atoms with Gasteiger partial charge in [-0.05, 0) is 47.7 Å². The van der Waals surface area contributed by atoms with Gasteiger partial charge in [-0.3, -0.25) is 0 Å². The van der Waals surface area contributed by atoms with Crippen LogP contribution in [-0.4, -0.2) is 40.9 Å². The Hall–Kier alpha value is -2.27. The monoisotopic (exact) mass is 924 g/mol. The van der Waals surface area contributed by atoms with Crippen molar-refractivity contribution >= 4 is 63.9 Å². The lowest BCUT2D eigenvalue weighted by Gasteiger charge is -2.46. The highest BCUT2D eigenvalue weighted by atomic mass is 31.2. The average Bonchev–Trinajstić information content (AvgIpc) is 3.34. The highest BCUT2D eigenvalue weighted by Crippen LogP contribution is 2.59. The van der Waals surface area contributed by atoms with Gasteiger partial charge in [0.2, 0.25) is 0 Å². The quantitative estimate of drug-likeness (QED) is 0.0400. The van der Waals surface area contributed by atoms with Crippen molar-refractivity contribution in [2.24, 2.45) is 0 Å². The molecular weight excluding hydrogens is 837 g/mol. The largest absolute Gasteiger partial charge is 0.496 e. The molecule has 1 fully saturated rings. The van der Waals surface area contributed by atoms with Crippen LogP contribution in [0.25, 0.3) is 0 Å². The summed E-state index contributed by atoms with van der Waals surface area (Å²) in [6, 6.07) is 48.0. The molecule has 5 rings (SSSR count). The van der Waals surface area contributed by atoms with Crippen LogP contribution in [-0.2, 0) is 0 Å². The van der Waals surface area contributed by atoms with Gasteiger partial charge in [0.05, 0.1) is 30.4 Å². The summed E-state index contributed by atoms with van der Waals surface area (Å²) in [6.07, 6.45) is 22.2. The number of hydrogen-bond donors (Lipinski definition) is 0. The predicted octanol–water partition coefficient (Wildman–Crippen LogP) is 14.8. The molecule has 3 nitrogen and oxygen atoms in total. The fourth-order valence-electron chi connectivity index (χ4n) is 10.7. The third-order valence-corrected chi connectivity index (χ3v) is 31.2. The molecule has 2 atom stereocenters. The van der Waals surface area contributed by atoms with Crippen molar-refractivity contribution in [1.29, 1.82) is 0 Å². The summed E-state index contributed by atoms with van der Waals surface area (Å²) in [5.74, 6) is 2.02. The standard InChI is InChI=1S/C56H87NO2P2Si2/c1-9-15-42-62(43-16-10-2,44-17-11-3)51-38-34-49(35-39-51)60(55-32-26-24-30-53(55)58-7)57(48-28-22-21-23-29-48)61(56-33-27-25-31-54(56)59-8)50-36-40-52(41-37-50)63(45-18-12-4,46-19-13-5)47-20-14-6/h24-27,30-41,48H,9-23,28-29,42-47H2,1-8H3. The predicted molar refractivity (Wildman–Crippen MR) is 289 cm³/mol. The number of nitrogens with zero attached hydrogens (tertiary/aromatic N) is 1. The van der Waals surface area contributed by atoms with Gasteiger partial charge in [0.25, 0.3) is 0 Å². The molecule has 0 aromatic heterocycles. The molecule has 346 valence electrons. The van der Waals surface area contributed by atoms with Crippen LogP contribution < -0.4 is 41.1 Å². The second kappa shape index (κ2) is 27.4. The van der Waals surface area contributed by atoms with Crippen LogP contribution in [0.2, 0.25) is 36.3 Å². The van der Waals surface area contributed by atoms with E-state index in [4.69, 9.17) is 9.47 Å². The van der Waals surface area contributed by atoms with Crippen LogP contribution in [0.4, 0.5) is 0 Å². The summed E-state index contributed by atoms with van der Waals surface area (Å²) in [5, 5.41) is 8.98. The average molecular weight is 924 g/mol. The molecule has 0 amide bonds. The van der Waals surface area contributed by atoms with Crippen LogP contribution in [0.1, 0.15) is 151 Å². The minimum absolute atomic E-state index is 0.449. The number of ether oxygens (including phenoxy) is 2. The van der Waals surface area contributed by atoms with Gasteiger partial charge >= 0.3 is 0 Å². The molecule has 0 aliphatic heterocycles. The van der Waals surface area contributed by atoms with Crippen molar-refractivity contribution in [2.75, 3.05) is 14.2 Å². The second-order valence-electron chi connectivity index (χ2n) is 18.9. The Labute approximate surface area is 391 Å². The molecule has 0 heterocycles. The molecule has 0 saturated heterocycles. The van der Waals surface area contributed by atoms with E-state index in [0.717, 1.165) is 11.5 Å². The fraction of sp³-hybridized carbons (Fsp3) is 0.571. The number of benzene rings is 4. The zero-order valence-electron chi connectivity index (χ0n) is 41.2. The van der Waals surface area contributed by atoms with E-state index in [1.54, 1.807) is 10.4 Å². The summed E-state index contributed by atoms with van der Waals surface area (Å²) in [4.78, 5) is 0. The number of unbranched alkanes of at least 4 members (excludes halogenated alkanes) is 6. The maximum Gasteiger partial charge on any atom is 0.128 e. The Balaban J connectivity index is 1.77. The summed E-state index contributed by atoms with van der Waals surface area (Å²) in [5.41, 5.74) is 0. The number of rotatable bonds is 29. The summed E-state index contributed by atoms with van der Waals surface area (Å²) >= 11 is 0. The van der Waals surface area contributed by atoms with Gasteiger partial charge in [-0.15, -0.1) is 0 Å². The molecular formula is C56H87NO2P2Si2. The highest BCUT2D eigenvalue weighted by molar-refractivity contribution is 7.85. The van der Waals surface area contributed by atoms with Crippen LogP contribution in [0.5, 0.6) is 11.5 Å². The van der Waals surface area contributed by atoms with Crippen molar-refractivity contribution in [3.8, 4) is 11.5 Å².